The van der Waals surface area contributed by atoms with E-state index in [9.17, 15) is 9.59 Å². The maximum Gasteiger partial charge on any atom is 0.257 e. The van der Waals surface area contributed by atoms with Crippen LogP contribution in [0.5, 0.6) is 0 Å². The molecule has 0 heterocycles. The van der Waals surface area contributed by atoms with E-state index in [0.29, 0.717) is 16.8 Å². The quantitative estimate of drug-likeness (QED) is 0.679. The van der Waals surface area contributed by atoms with Gasteiger partial charge >= 0.3 is 0 Å². The van der Waals surface area contributed by atoms with Crippen LogP contribution in [0.1, 0.15) is 58.4 Å². The third kappa shape index (κ3) is 5.63. The van der Waals surface area contributed by atoms with Crippen LogP contribution in [0.15, 0.2) is 48.5 Å². The van der Waals surface area contributed by atoms with Crippen LogP contribution in [0.25, 0.3) is 0 Å². The maximum absolute atomic E-state index is 12.5. The Labute approximate surface area is 170 Å². The minimum absolute atomic E-state index is 0.0786. The van der Waals surface area contributed by atoms with Gasteiger partial charge in [-0.15, -0.1) is 0 Å². The fraction of sp³-hybridized carbons (Fsp3) is 0.318. The molecule has 3 N–H and O–H groups in total. The SMILES string of the molecule is Cc1ccc(C(=O)NC(=S)Nc2cccc(C(=O)NC3CCCCC3)c2)cc1. The molecule has 0 aromatic heterocycles. The molecule has 1 aliphatic carbocycles. The first-order valence-corrected chi connectivity index (χ1v) is 10.0. The van der Waals surface area contributed by atoms with E-state index in [2.05, 4.69) is 16.0 Å². The summed E-state index contributed by atoms with van der Waals surface area (Å²) in [4.78, 5) is 24.8. The number of thiocarbonyl (C=S) groups is 1. The van der Waals surface area contributed by atoms with Crippen molar-refractivity contribution in [3.8, 4) is 0 Å². The number of carbonyl (C=O) groups is 2. The van der Waals surface area contributed by atoms with Crippen molar-refractivity contribution in [3.05, 3.63) is 65.2 Å². The smallest absolute Gasteiger partial charge is 0.257 e. The Balaban J connectivity index is 1.57. The van der Waals surface area contributed by atoms with Gasteiger partial charge in [0.1, 0.15) is 0 Å². The molecule has 0 spiro atoms. The van der Waals surface area contributed by atoms with E-state index in [1.165, 1.54) is 19.3 Å². The zero-order valence-corrected chi connectivity index (χ0v) is 16.8. The van der Waals surface area contributed by atoms with Gasteiger partial charge in [0.2, 0.25) is 0 Å². The summed E-state index contributed by atoms with van der Waals surface area (Å²) in [6.45, 7) is 1.96. The first-order chi connectivity index (χ1) is 13.5. The predicted molar refractivity (Wildman–Crippen MR) is 116 cm³/mol. The zero-order valence-electron chi connectivity index (χ0n) is 16.0. The van der Waals surface area contributed by atoms with Crippen LogP contribution >= 0.6 is 12.2 Å². The van der Waals surface area contributed by atoms with Crippen LogP contribution in [0.2, 0.25) is 0 Å². The van der Waals surface area contributed by atoms with Gasteiger partial charge < -0.3 is 10.6 Å². The van der Waals surface area contributed by atoms with Crippen molar-refractivity contribution >= 4 is 34.8 Å². The van der Waals surface area contributed by atoms with E-state index in [1.807, 2.05) is 25.1 Å². The highest BCUT2D eigenvalue weighted by Gasteiger charge is 2.17. The molecule has 28 heavy (non-hydrogen) atoms. The number of rotatable bonds is 4. The van der Waals surface area contributed by atoms with Crippen molar-refractivity contribution in [2.24, 2.45) is 0 Å². The van der Waals surface area contributed by atoms with Gasteiger partial charge in [-0.2, -0.15) is 0 Å². The number of benzene rings is 2. The maximum atomic E-state index is 12.5. The average Bonchev–Trinajstić information content (AvgIpc) is 2.69. The molecule has 146 valence electrons. The summed E-state index contributed by atoms with van der Waals surface area (Å²) >= 11 is 5.23. The van der Waals surface area contributed by atoms with Crippen molar-refractivity contribution in [3.63, 3.8) is 0 Å². The number of carbonyl (C=O) groups excluding carboxylic acids is 2. The molecule has 1 saturated carbocycles. The first kappa shape index (κ1) is 20.0. The summed E-state index contributed by atoms with van der Waals surface area (Å²) in [5.41, 5.74) is 2.85. The van der Waals surface area contributed by atoms with Crippen molar-refractivity contribution in [1.29, 1.82) is 0 Å². The minimum Gasteiger partial charge on any atom is -0.349 e. The molecule has 0 unspecified atom stereocenters. The van der Waals surface area contributed by atoms with Gasteiger partial charge in [-0.25, -0.2) is 0 Å². The Hall–Kier alpha value is -2.73. The van der Waals surface area contributed by atoms with Crippen LogP contribution in [0.4, 0.5) is 5.69 Å². The molecule has 0 bridgehead atoms. The van der Waals surface area contributed by atoms with Gasteiger partial charge in [-0.3, -0.25) is 14.9 Å². The minimum atomic E-state index is -0.274. The van der Waals surface area contributed by atoms with Gasteiger partial charge in [0, 0.05) is 22.9 Å². The van der Waals surface area contributed by atoms with E-state index in [4.69, 9.17) is 12.2 Å². The summed E-state index contributed by atoms with van der Waals surface area (Å²) in [6, 6.07) is 14.6. The van der Waals surface area contributed by atoms with Crippen LogP contribution < -0.4 is 16.0 Å². The number of anilines is 1. The average molecular weight is 396 g/mol. The molecular formula is C22H25N3O2S. The largest absolute Gasteiger partial charge is 0.349 e. The molecule has 0 atom stereocenters. The molecule has 2 amide bonds. The van der Waals surface area contributed by atoms with Gasteiger partial charge in [0.25, 0.3) is 11.8 Å². The molecule has 1 aliphatic rings. The predicted octanol–water partition coefficient (Wildman–Crippen LogP) is 4.18. The van der Waals surface area contributed by atoms with Crippen molar-refractivity contribution < 1.29 is 9.59 Å². The summed E-state index contributed by atoms with van der Waals surface area (Å²) < 4.78 is 0. The molecule has 3 rings (SSSR count). The standard InChI is InChI=1S/C22H25N3O2S/c1-15-10-12-16(13-11-15)20(26)25-22(28)24-19-9-5-6-17(14-19)21(27)23-18-7-3-2-4-8-18/h5-6,9-14,18H,2-4,7-8H2,1H3,(H,23,27)(H2,24,25,26,28). The van der Waals surface area contributed by atoms with Gasteiger partial charge in [-0.05, 0) is 62.3 Å². The van der Waals surface area contributed by atoms with E-state index in [0.717, 1.165) is 18.4 Å². The number of amides is 2. The van der Waals surface area contributed by atoms with E-state index in [-0.39, 0.29) is 23.0 Å². The molecule has 5 nitrogen and oxygen atoms in total. The fourth-order valence-corrected chi connectivity index (χ4v) is 3.51. The Morgan fingerprint density at radius 3 is 2.36 bits per heavy atom. The van der Waals surface area contributed by atoms with Gasteiger partial charge in [-0.1, -0.05) is 43.0 Å². The van der Waals surface area contributed by atoms with Crippen molar-refractivity contribution in [1.82, 2.24) is 10.6 Å². The van der Waals surface area contributed by atoms with E-state index >= 15 is 0 Å². The summed E-state index contributed by atoms with van der Waals surface area (Å²) in [5.74, 6) is -0.353. The Morgan fingerprint density at radius 2 is 1.64 bits per heavy atom. The Morgan fingerprint density at radius 1 is 0.929 bits per heavy atom. The fourth-order valence-electron chi connectivity index (χ4n) is 3.30. The van der Waals surface area contributed by atoms with Crippen molar-refractivity contribution in [2.45, 2.75) is 45.1 Å². The van der Waals surface area contributed by atoms with E-state index in [1.54, 1.807) is 30.3 Å². The highest BCUT2D eigenvalue weighted by atomic mass is 32.1. The third-order valence-electron chi connectivity index (χ3n) is 4.86. The Kier molecular flexibility index (Phi) is 6.76. The molecule has 0 saturated heterocycles. The normalized spacial score (nSPS) is 14.2. The van der Waals surface area contributed by atoms with Crippen LogP contribution in [0.3, 0.4) is 0 Å². The lowest BCUT2D eigenvalue weighted by Crippen LogP contribution is -2.36. The second kappa shape index (κ2) is 9.46. The molecule has 6 heteroatoms. The second-order valence-corrected chi connectivity index (χ2v) is 7.57. The molecule has 2 aromatic carbocycles. The van der Waals surface area contributed by atoms with Crippen molar-refractivity contribution in [2.75, 3.05) is 5.32 Å². The topological polar surface area (TPSA) is 70.2 Å². The highest BCUT2D eigenvalue weighted by Crippen LogP contribution is 2.18. The molecule has 0 radical (unpaired) electrons. The second-order valence-electron chi connectivity index (χ2n) is 7.16. The monoisotopic (exact) mass is 395 g/mol. The third-order valence-corrected chi connectivity index (χ3v) is 5.07. The number of nitrogens with one attached hydrogen (secondary N) is 3. The van der Waals surface area contributed by atoms with Gasteiger partial charge in [0.15, 0.2) is 5.11 Å². The van der Waals surface area contributed by atoms with Crippen LogP contribution in [0, 0.1) is 6.92 Å². The van der Waals surface area contributed by atoms with E-state index < -0.39 is 0 Å². The molecule has 0 aliphatic heterocycles. The molecular weight excluding hydrogens is 370 g/mol. The lowest BCUT2D eigenvalue weighted by atomic mass is 9.95. The molecule has 1 fully saturated rings. The summed E-state index contributed by atoms with van der Waals surface area (Å²) in [5, 5.41) is 8.93. The summed E-state index contributed by atoms with van der Waals surface area (Å²) in [7, 11) is 0. The summed E-state index contributed by atoms with van der Waals surface area (Å²) in [6.07, 6.45) is 5.66. The van der Waals surface area contributed by atoms with Crippen LogP contribution in [-0.4, -0.2) is 23.0 Å². The van der Waals surface area contributed by atoms with Crippen LogP contribution in [-0.2, 0) is 0 Å². The number of hydrogen-bond donors (Lipinski definition) is 3. The number of aryl methyl sites for hydroxylation is 1. The molecule has 2 aromatic rings. The highest BCUT2D eigenvalue weighted by molar-refractivity contribution is 7.80. The lowest BCUT2D eigenvalue weighted by molar-refractivity contribution is 0.0926. The zero-order chi connectivity index (χ0) is 19.9. The first-order valence-electron chi connectivity index (χ1n) is 9.61. The lowest BCUT2D eigenvalue weighted by Gasteiger charge is -2.22. The van der Waals surface area contributed by atoms with Gasteiger partial charge in [0.05, 0.1) is 0 Å². The Bertz CT molecular complexity index is 858. The number of hydrogen-bond acceptors (Lipinski definition) is 3.